The first kappa shape index (κ1) is 44.3. The Morgan fingerprint density at radius 3 is 1.56 bits per heavy atom. The molecule has 0 aliphatic carbocycles. The normalized spacial score (nSPS) is 11.0. The van der Waals surface area contributed by atoms with Gasteiger partial charge in [0.1, 0.15) is 42.4 Å². The highest BCUT2D eigenvalue weighted by Gasteiger charge is 2.12. The zero-order valence-corrected chi connectivity index (χ0v) is 34.9. The molecule has 0 fully saturated rings. The van der Waals surface area contributed by atoms with Crippen molar-refractivity contribution in [2.75, 3.05) is 62.5 Å². The summed E-state index contributed by atoms with van der Waals surface area (Å²) in [5, 5.41) is 17.0. The number of phenolic OH excluding ortho intramolecular Hbond substituents is 1. The number of alkyl halides is 1. The minimum absolute atomic E-state index is 0.126. The van der Waals surface area contributed by atoms with E-state index in [-0.39, 0.29) is 15.5 Å². The Bertz CT molecular complexity index is 2440. The van der Waals surface area contributed by atoms with Gasteiger partial charge >= 0.3 is 0 Å². The highest BCUT2D eigenvalue weighted by Crippen LogP contribution is 2.31. The van der Waals surface area contributed by atoms with Crippen LogP contribution in [0.4, 0.5) is 23.0 Å². The van der Waals surface area contributed by atoms with Gasteiger partial charge in [-0.15, -0.1) is 0 Å². The molecule has 0 saturated carbocycles. The van der Waals surface area contributed by atoms with Gasteiger partial charge in [-0.1, -0.05) is 52.3 Å². The van der Waals surface area contributed by atoms with E-state index in [1.54, 1.807) is 87.0 Å². The summed E-state index contributed by atoms with van der Waals surface area (Å²) in [6.45, 7) is 1.73. The van der Waals surface area contributed by atoms with E-state index in [2.05, 4.69) is 51.2 Å². The fraction of sp³-hybridized carbons (Fsp3) is 0.200. The number of hydrogen-bond donors (Lipinski definition) is 3. The van der Waals surface area contributed by atoms with E-state index in [0.29, 0.717) is 58.9 Å². The van der Waals surface area contributed by atoms with Crippen LogP contribution in [0.5, 0.6) is 11.5 Å². The number of nitrogens with zero attached hydrogens (tertiary/aromatic N) is 4. The Hall–Kier alpha value is -5.46. The van der Waals surface area contributed by atoms with Crippen LogP contribution in [-0.2, 0) is 29.1 Å². The number of methoxy groups -OCH3 is 2. The number of para-hydroxylation sites is 2. The molecule has 6 rings (SSSR count). The summed E-state index contributed by atoms with van der Waals surface area (Å²) in [4.78, 5) is 17.3. The molecule has 0 bridgehead atoms. The van der Waals surface area contributed by atoms with Gasteiger partial charge in [0.15, 0.2) is 19.7 Å². The number of anilines is 4. The molecule has 0 amide bonds. The van der Waals surface area contributed by atoms with Gasteiger partial charge in [-0.3, -0.25) is 0 Å². The number of phenols is 1. The third-order valence-corrected chi connectivity index (χ3v) is 10.1. The average Bonchev–Trinajstić information content (AvgIpc) is 3.19. The fourth-order valence-corrected chi connectivity index (χ4v) is 6.51. The standard InChI is InChI=1S/C20H21N3O4S.C17H15N3O3S.C3H7BrO/c1-26-10-11-27-19-9-4-3-8-17(19)18-13-20(22-14-21-18)23-15-6-5-7-16(12-15)28(2,24)25;1-24(22,23)13-6-4-5-12(9-13)20-17-10-15(18-11-19-17)14-7-2-3-8-16(14)21;1-5-3-2-4/h3-9,12-14H,10-11H2,1-2H3,(H,21,22,23);2-11,21H,1H3,(H,18,19,20);2-3H2,1H3. The van der Waals surface area contributed by atoms with Gasteiger partial charge in [0.05, 0.1) is 34.4 Å². The number of halogens is 1. The third-order valence-electron chi connectivity index (χ3n) is 7.57. The molecule has 57 heavy (non-hydrogen) atoms. The van der Waals surface area contributed by atoms with Crippen LogP contribution in [0.3, 0.4) is 0 Å². The molecule has 2 aromatic heterocycles. The van der Waals surface area contributed by atoms with E-state index in [1.807, 2.05) is 24.3 Å². The monoisotopic (exact) mass is 878 g/mol. The van der Waals surface area contributed by atoms with E-state index in [0.717, 1.165) is 23.8 Å². The lowest BCUT2D eigenvalue weighted by Gasteiger charge is -2.12. The Kier molecular flexibility index (Phi) is 16.9. The van der Waals surface area contributed by atoms with Crippen LogP contribution >= 0.6 is 15.9 Å². The maximum Gasteiger partial charge on any atom is 0.175 e. The van der Waals surface area contributed by atoms with Crippen LogP contribution in [-0.4, -0.2) is 93.8 Å². The van der Waals surface area contributed by atoms with Gasteiger partial charge in [-0.2, -0.15) is 0 Å². The van der Waals surface area contributed by atoms with Crippen LogP contribution < -0.4 is 15.4 Å². The predicted molar refractivity (Wildman–Crippen MR) is 225 cm³/mol. The first-order valence-corrected chi connectivity index (χ1v) is 22.1. The van der Waals surface area contributed by atoms with Crippen molar-refractivity contribution < 1.29 is 36.2 Å². The largest absolute Gasteiger partial charge is 0.507 e. The van der Waals surface area contributed by atoms with Gasteiger partial charge in [-0.25, -0.2) is 36.8 Å². The van der Waals surface area contributed by atoms with Gasteiger partial charge in [0.2, 0.25) is 0 Å². The average molecular weight is 880 g/mol. The van der Waals surface area contributed by atoms with Crippen LogP contribution in [0, 0.1) is 0 Å². The first-order chi connectivity index (χ1) is 27.3. The number of aromatic hydroxyl groups is 1. The zero-order valence-electron chi connectivity index (χ0n) is 31.7. The summed E-state index contributed by atoms with van der Waals surface area (Å²) in [6.07, 6.45) is 5.16. The van der Waals surface area contributed by atoms with Gasteiger partial charge < -0.3 is 30.0 Å². The van der Waals surface area contributed by atoms with Crippen molar-refractivity contribution in [1.29, 1.82) is 0 Å². The minimum Gasteiger partial charge on any atom is -0.507 e. The van der Waals surface area contributed by atoms with Crippen molar-refractivity contribution in [2.24, 2.45) is 0 Å². The van der Waals surface area contributed by atoms with E-state index in [9.17, 15) is 21.9 Å². The zero-order chi connectivity index (χ0) is 41.3. The predicted octanol–water partition coefficient (Wildman–Crippen LogP) is 7.34. The van der Waals surface area contributed by atoms with Gasteiger partial charge in [0, 0.05) is 66.7 Å². The number of sulfone groups is 2. The fourth-order valence-electron chi connectivity index (χ4n) is 4.86. The smallest absolute Gasteiger partial charge is 0.175 e. The summed E-state index contributed by atoms with van der Waals surface area (Å²) >= 11 is 3.18. The molecule has 0 spiro atoms. The van der Waals surface area contributed by atoms with Crippen molar-refractivity contribution >= 4 is 58.6 Å². The van der Waals surface area contributed by atoms with Gasteiger partial charge in [0.25, 0.3) is 0 Å². The van der Waals surface area contributed by atoms with Crippen molar-refractivity contribution in [3.8, 4) is 34.0 Å². The second-order valence-electron chi connectivity index (χ2n) is 12.0. The molecule has 14 nitrogen and oxygen atoms in total. The molecule has 0 saturated heterocycles. The lowest BCUT2D eigenvalue weighted by molar-refractivity contribution is 0.146. The number of hydrogen-bond acceptors (Lipinski definition) is 14. The molecule has 6 aromatic rings. The molecule has 17 heteroatoms. The van der Waals surface area contributed by atoms with E-state index in [4.69, 9.17) is 9.47 Å². The quantitative estimate of drug-likeness (QED) is 0.0727. The molecule has 0 aliphatic heterocycles. The second kappa shape index (κ2) is 21.7. The summed E-state index contributed by atoms with van der Waals surface area (Å²) in [6, 6.07) is 31.0. The number of benzene rings is 4. The lowest BCUT2D eigenvalue weighted by atomic mass is 10.1. The van der Waals surface area contributed by atoms with Crippen LogP contribution in [0.2, 0.25) is 0 Å². The number of ether oxygens (including phenoxy) is 3. The Labute approximate surface area is 341 Å². The molecule has 0 atom stereocenters. The SMILES string of the molecule is COCCBr.COCCOc1ccccc1-c1cc(Nc2cccc(S(C)(=O)=O)c2)ncn1.CS(=O)(=O)c1cccc(Nc2cc(-c3ccccc3O)ncn2)c1. The summed E-state index contributed by atoms with van der Waals surface area (Å²) in [5.41, 5.74) is 3.88. The molecular formula is C40H43BrN6O8S2. The van der Waals surface area contributed by atoms with Crippen molar-refractivity contribution in [3.05, 3.63) is 122 Å². The molecule has 0 radical (unpaired) electrons. The Morgan fingerprint density at radius 1 is 0.596 bits per heavy atom. The number of rotatable bonds is 14. The molecule has 300 valence electrons. The van der Waals surface area contributed by atoms with E-state index in [1.165, 1.54) is 31.0 Å². The molecule has 0 aliphatic rings. The van der Waals surface area contributed by atoms with E-state index < -0.39 is 19.7 Å². The summed E-state index contributed by atoms with van der Waals surface area (Å²) in [7, 11) is -3.26. The highest BCUT2D eigenvalue weighted by molar-refractivity contribution is 9.09. The lowest BCUT2D eigenvalue weighted by Crippen LogP contribution is -2.05. The number of nitrogens with one attached hydrogen (secondary N) is 2. The molecule has 2 heterocycles. The topological polar surface area (TPSA) is 192 Å². The third kappa shape index (κ3) is 14.2. The molecule has 0 unspecified atom stereocenters. The van der Waals surface area contributed by atoms with Crippen LogP contribution in [0.1, 0.15) is 0 Å². The molecular weight excluding hydrogens is 837 g/mol. The van der Waals surface area contributed by atoms with Crippen molar-refractivity contribution in [1.82, 2.24) is 19.9 Å². The van der Waals surface area contributed by atoms with Crippen LogP contribution in [0.15, 0.2) is 132 Å². The molecule has 4 aromatic carbocycles. The summed E-state index contributed by atoms with van der Waals surface area (Å²) < 4.78 is 62.2. The maximum atomic E-state index is 11.7. The minimum atomic E-state index is -3.29. The van der Waals surface area contributed by atoms with Gasteiger partial charge in [-0.05, 0) is 60.7 Å². The second-order valence-corrected chi connectivity index (χ2v) is 16.8. The Balaban J connectivity index is 0.000000228. The highest BCUT2D eigenvalue weighted by atomic mass is 79.9. The van der Waals surface area contributed by atoms with E-state index >= 15 is 0 Å². The molecule has 3 N–H and O–H groups in total. The first-order valence-electron chi connectivity index (χ1n) is 17.1. The maximum absolute atomic E-state index is 11.7. The Morgan fingerprint density at radius 2 is 1.09 bits per heavy atom. The van der Waals surface area contributed by atoms with Crippen molar-refractivity contribution in [2.45, 2.75) is 9.79 Å². The van der Waals surface area contributed by atoms with Crippen molar-refractivity contribution in [3.63, 3.8) is 0 Å². The van der Waals surface area contributed by atoms with Crippen LogP contribution in [0.25, 0.3) is 22.5 Å². The number of aromatic nitrogens is 4. The summed E-state index contributed by atoms with van der Waals surface area (Å²) in [5.74, 6) is 1.86.